The summed E-state index contributed by atoms with van der Waals surface area (Å²) in [7, 11) is 0. The Labute approximate surface area is 122 Å². The van der Waals surface area contributed by atoms with E-state index in [2.05, 4.69) is 20.9 Å². The van der Waals surface area contributed by atoms with Crippen LogP contribution in [0.15, 0.2) is 21.6 Å². The highest BCUT2D eigenvalue weighted by atomic mass is 79.9. The topological polar surface area (TPSA) is 38.7 Å². The zero-order chi connectivity index (χ0) is 14.9. The molecule has 1 aromatic carbocycles. The molecule has 0 N–H and O–H groups in total. The Bertz CT molecular complexity index is 569. The van der Waals surface area contributed by atoms with E-state index in [1.54, 1.807) is 12.1 Å². The summed E-state index contributed by atoms with van der Waals surface area (Å²) in [6.07, 6.45) is -2.63. The van der Waals surface area contributed by atoms with Crippen molar-refractivity contribution in [3.8, 4) is 5.75 Å². The fourth-order valence-corrected chi connectivity index (χ4v) is 2.37. The van der Waals surface area contributed by atoms with Crippen molar-refractivity contribution in [1.82, 2.24) is 0 Å². The van der Waals surface area contributed by atoms with Gasteiger partial charge in [-0.25, -0.2) is 0 Å². The molecule has 20 heavy (non-hydrogen) atoms. The van der Waals surface area contributed by atoms with Gasteiger partial charge in [-0.15, -0.1) is 0 Å². The Hall–Kier alpha value is -1.37. The van der Waals surface area contributed by atoms with Gasteiger partial charge in [-0.1, -0.05) is 6.07 Å². The number of halogens is 4. The van der Waals surface area contributed by atoms with E-state index < -0.39 is 18.8 Å². The quantitative estimate of drug-likeness (QED) is 0.839. The third kappa shape index (κ3) is 3.39. The molecule has 108 valence electrons. The number of nitrogens with zero attached hydrogens (tertiary/aromatic N) is 1. The molecule has 2 rings (SSSR count). The van der Waals surface area contributed by atoms with Crippen LogP contribution in [-0.2, 0) is 11.2 Å². The summed E-state index contributed by atoms with van der Waals surface area (Å²) in [5.41, 5.74) is 1.24. The number of hydrogen-bond acceptors (Lipinski definition) is 3. The first-order chi connectivity index (χ1) is 9.28. The van der Waals surface area contributed by atoms with Gasteiger partial charge in [0.2, 0.25) is 0 Å². The Morgan fingerprint density at radius 3 is 2.80 bits per heavy atom. The van der Waals surface area contributed by atoms with Gasteiger partial charge >= 0.3 is 6.18 Å². The molecule has 1 heterocycles. The highest BCUT2D eigenvalue weighted by molar-refractivity contribution is 9.10. The van der Waals surface area contributed by atoms with Gasteiger partial charge in [0.05, 0.1) is 4.47 Å². The lowest BCUT2D eigenvalue weighted by Gasteiger charge is -2.20. The van der Waals surface area contributed by atoms with Crippen molar-refractivity contribution in [2.24, 2.45) is 4.99 Å². The van der Waals surface area contributed by atoms with Gasteiger partial charge in [-0.3, -0.25) is 9.79 Å². The summed E-state index contributed by atoms with van der Waals surface area (Å²) < 4.78 is 42.0. The summed E-state index contributed by atoms with van der Waals surface area (Å²) in [5, 5.41) is 0. The van der Waals surface area contributed by atoms with Crippen LogP contribution in [0.1, 0.15) is 18.1 Å². The number of ketones is 1. The van der Waals surface area contributed by atoms with Crippen LogP contribution in [0.4, 0.5) is 13.2 Å². The first-order valence-electron chi connectivity index (χ1n) is 5.82. The second-order valence-electron chi connectivity index (χ2n) is 4.46. The zero-order valence-corrected chi connectivity index (χ0v) is 12.1. The third-order valence-corrected chi connectivity index (χ3v) is 3.51. The summed E-state index contributed by atoms with van der Waals surface area (Å²) in [5.74, 6) is 0.0261. The number of fused-ring (bicyclic) bond motifs is 1. The number of rotatable bonds is 3. The predicted octanol–water partition coefficient (Wildman–Crippen LogP) is 3.32. The average molecular weight is 350 g/mol. The molecular weight excluding hydrogens is 339 g/mol. The molecule has 1 aliphatic heterocycles. The molecule has 1 aromatic rings. The molecule has 0 radical (unpaired) electrons. The first kappa shape index (κ1) is 15.0. The average Bonchev–Trinajstić information content (AvgIpc) is 2.35. The van der Waals surface area contributed by atoms with Crippen LogP contribution in [-0.4, -0.2) is 30.8 Å². The number of Topliss-reactive ketones (excluding diaryl/α,β-unsaturated/α-hetero) is 1. The number of aliphatic imine (C=N–C) groups is 1. The van der Waals surface area contributed by atoms with E-state index in [0.717, 1.165) is 5.56 Å². The van der Waals surface area contributed by atoms with Crippen molar-refractivity contribution in [2.75, 3.05) is 6.61 Å². The minimum absolute atomic E-state index is 0.0763. The van der Waals surface area contributed by atoms with Crippen molar-refractivity contribution in [1.29, 1.82) is 0 Å². The number of benzene rings is 1. The Morgan fingerprint density at radius 1 is 1.50 bits per heavy atom. The SMILES string of the molecule is CC(=O)C1Cc2ccc(Br)c(OCC(F)(F)F)c2C=N1. The summed E-state index contributed by atoms with van der Waals surface area (Å²) in [6.45, 7) is 0.0684. The molecule has 0 bridgehead atoms. The summed E-state index contributed by atoms with van der Waals surface area (Å²) in [4.78, 5) is 15.4. The fraction of sp³-hybridized carbons (Fsp3) is 0.385. The third-order valence-electron chi connectivity index (χ3n) is 2.88. The maximum Gasteiger partial charge on any atom is 0.422 e. The predicted molar refractivity (Wildman–Crippen MR) is 71.5 cm³/mol. The number of carbonyl (C=O) groups is 1. The molecule has 1 atom stereocenters. The van der Waals surface area contributed by atoms with Crippen LogP contribution in [0.3, 0.4) is 0 Å². The van der Waals surface area contributed by atoms with Gasteiger partial charge in [0.1, 0.15) is 11.8 Å². The van der Waals surface area contributed by atoms with Crippen LogP contribution in [0.5, 0.6) is 5.75 Å². The second-order valence-corrected chi connectivity index (χ2v) is 5.32. The van der Waals surface area contributed by atoms with Gasteiger partial charge in [-0.05, 0) is 34.5 Å². The van der Waals surface area contributed by atoms with E-state index in [0.29, 0.717) is 16.5 Å². The van der Waals surface area contributed by atoms with Crippen LogP contribution < -0.4 is 4.74 Å². The molecular formula is C13H11BrF3NO2. The zero-order valence-electron chi connectivity index (χ0n) is 10.5. The number of alkyl halides is 3. The molecule has 0 saturated heterocycles. The van der Waals surface area contributed by atoms with Crippen LogP contribution in [0.2, 0.25) is 0 Å². The monoisotopic (exact) mass is 349 g/mol. The van der Waals surface area contributed by atoms with E-state index in [-0.39, 0.29) is 11.5 Å². The maximum atomic E-state index is 12.3. The van der Waals surface area contributed by atoms with Crippen LogP contribution in [0, 0.1) is 0 Å². The molecule has 0 aliphatic carbocycles. The molecule has 3 nitrogen and oxygen atoms in total. The van der Waals surface area contributed by atoms with E-state index in [1.165, 1.54) is 13.1 Å². The Kier molecular flexibility index (Phi) is 4.17. The lowest BCUT2D eigenvalue weighted by molar-refractivity contribution is -0.153. The Morgan fingerprint density at radius 2 is 2.20 bits per heavy atom. The smallest absolute Gasteiger partial charge is 0.422 e. The van der Waals surface area contributed by atoms with E-state index in [9.17, 15) is 18.0 Å². The van der Waals surface area contributed by atoms with Crippen LogP contribution >= 0.6 is 15.9 Å². The van der Waals surface area contributed by atoms with Crippen LogP contribution in [0.25, 0.3) is 0 Å². The van der Waals surface area contributed by atoms with Crippen molar-refractivity contribution in [3.05, 3.63) is 27.7 Å². The van der Waals surface area contributed by atoms with Gasteiger partial charge in [0.15, 0.2) is 12.4 Å². The number of ether oxygens (including phenoxy) is 1. The van der Waals surface area contributed by atoms with E-state index >= 15 is 0 Å². The second kappa shape index (κ2) is 5.55. The molecule has 0 fully saturated rings. The molecule has 1 unspecified atom stereocenters. The van der Waals surface area contributed by atoms with Crippen molar-refractivity contribution < 1.29 is 22.7 Å². The lowest BCUT2D eigenvalue weighted by atomic mass is 9.95. The molecule has 0 spiro atoms. The minimum Gasteiger partial charge on any atom is -0.482 e. The summed E-state index contributed by atoms with van der Waals surface area (Å²) in [6, 6.07) is 2.89. The molecule has 7 heteroatoms. The Balaban J connectivity index is 2.31. The first-order valence-corrected chi connectivity index (χ1v) is 6.62. The van der Waals surface area contributed by atoms with Gasteiger partial charge in [0.25, 0.3) is 0 Å². The normalized spacial score (nSPS) is 17.8. The molecule has 1 aliphatic rings. The van der Waals surface area contributed by atoms with Crippen molar-refractivity contribution in [2.45, 2.75) is 25.6 Å². The highest BCUT2D eigenvalue weighted by Gasteiger charge is 2.30. The largest absolute Gasteiger partial charge is 0.482 e. The fourth-order valence-electron chi connectivity index (χ4n) is 1.91. The van der Waals surface area contributed by atoms with Gasteiger partial charge < -0.3 is 4.74 Å². The molecule has 0 aromatic heterocycles. The van der Waals surface area contributed by atoms with Gasteiger partial charge in [0, 0.05) is 18.2 Å². The molecule has 0 saturated carbocycles. The standard InChI is InChI=1S/C13H11BrF3NO2/c1-7(19)11-4-8-2-3-10(14)12(9(8)5-18-11)20-6-13(15,16)17/h2-3,5,11H,4,6H2,1H3. The number of carbonyl (C=O) groups excluding carboxylic acids is 1. The van der Waals surface area contributed by atoms with Crippen molar-refractivity contribution in [3.63, 3.8) is 0 Å². The molecule has 0 amide bonds. The van der Waals surface area contributed by atoms with E-state index in [4.69, 9.17) is 4.74 Å². The number of hydrogen-bond donors (Lipinski definition) is 0. The lowest BCUT2D eigenvalue weighted by Crippen LogP contribution is -2.24. The maximum absolute atomic E-state index is 12.3. The highest BCUT2D eigenvalue weighted by Crippen LogP contribution is 2.34. The van der Waals surface area contributed by atoms with Crippen molar-refractivity contribution >= 4 is 27.9 Å². The summed E-state index contributed by atoms with van der Waals surface area (Å²) >= 11 is 3.17. The minimum atomic E-state index is -4.41. The van der Waals surface area contributed by atoms with E-state index in [1.807, 2.05) is 0 Å². The van der Waals surface area contributed by atoms with Gasteiger partial charge in [-0.2, -0.15) is 13.2 Å².